The Hall–Kier alpha value is -3.17. The van der Waals surface area contributed by atoms with Crippen molar-refractivity contribution < 1.29 is 14.3 Å². The number of nitrogens with zero attached hydrogens (tertiary/aromatic N) is 5. The van der Waals surface area contributed by atoms with E-state index < -0.39 is 5.97 Å². The molecule has 3 aromatic rings. The molecule has 0 atom stereocenters. The first-order chi connectivity index (χ1) is 15.5. The van der Waals surface area contributed by atoms with Crippen LogP contribution in [0.5, 0.6) is 0 Å². The van der Waals surface area contributed by atoms with Crippen LogP contribution < -0.4 is 5.32 Å². The van der Waals surface area contributed by atoms with E-state index in [0.29, 0.717) is 23.8 Å². The number of halogens is 1. The molecule has 2 aromatic heterocycles. The number of hydrogen-bond acceptors (Lipinski definition) is 6. The summed E-state index contributed by atoms with van der Waals surface area (Å²) in [5, 5.41) is 3.22. The monoisotopic (exact) mass is 456 g/mol. The number of hydrogen-bond donors (Lipinski definition) is 1. The van der Waals surface area contributed by atoms with E-state index in [2.05, 4.69) is 24.8 Å². The third-order valence-corrected chi connectivity index (χ3v) is 5.86. The van der Waals surface area contributed by atoms with Gasteiger partial charge in [-0.05, 0) is 37.3 Å². The number of methoxy groups -OCH3 is 1. The first-order valence-electron chi connectivity index (χ1n) is 10.4. The van der Waals surface area contributed by atoms with Crippen LogP contribution in [0.4, 0.5) is 10.5 Å². The number of carbonyl (C=O) groups excluding carboxylic acids is 2. The lowest BCUT2D eigenvalue weighted by Crippen LogP contribution is -2.50. The van der Waals surface area contributed by atoms with Crippen molar-refractivity contribution in [3.05, 3.63) is 52.9 Å². The van der Waals surface area contributed by atoms with E-state index in [0.717, 1.165) is 43.2 Å². The molecule has 32 heavy (non-hydrogen) atoms. The molecule has 4 rings (SSSR count). The van der Waals surface area contributed by atoms with Crippen LogP contribution in [0.3, 0.4) is 0 Å². The standard InChI is InChI=1S/C22H25ClN6O3/c1-15-25-18-4-3-7-24-20(18)29(15)13-10-27-8-11-28(12-9-27)22(31)26-19-14-16(23)5-6-17(19)21(30)32-2/h3-7,14H,8-13H2,1-2H3,(H,26,31). The highest BCUT2D eigenvalue weighted by molar-refractivity contribution is 6.31. The van der Waals surface area contributed by atoms with Gasteiger partial charge in [-0.2, -0.15) is 0 Å². The van der Waals surface area contributed by atoms with Gasteiger partial charge in [0.1, 0.15) is 11.3 Å². The summed E-state index contributed by atoms with van der Waals surface area (Å²) in [6.45, 7) is 6.31. The van der Waals surface area contributed by atoms with Gasteiger partial charge >= 0.3 is 12.0 Å². The maximum absolute atomic E-state index is 12.8. The number of ether oxygens (including phenoxy) is 1. The van der Waals surface area contributed by atoms with E-state index in [9.17, 15) is 9.59 Å². The normalized spacial score (nSPS) is 14.5. The fourth-order valence-electron chi connectivity index (χ4n) is 3.86. The Bertz CT molecular complexity index is 1140. The largest absolute Gasteiger partial charge is 0.465 e. The van der Waals surface area contributed by atoms with Gasteiger partial charge in [0, 0.05) is 50.5 Å². The van der Waals surface area contributed by atoms with Crippen LogP contribution in [-0.2, 0) is 11.3 Å². The first kappa shape index (κ1) is 22.0. The summed E-state index contributed by atoms with van der Waals surface area (Å²) in [6, 6.07) is 8.27. The summed E-state index contributed by atoms with van der Waals surface area (Å²) in [5.74, 6) is 0.415. The van der Waals surface area contributed by atoms with Gasteiger partial charge in [-0.3, -0.25) is 4.90 Å². The van der Waals surface area contributed by atoms with Gasteiger partial charge < -0.3 is 19.5 Å². The number of urea groups is 1. The van der Waals surface area contributed by atoms with E-state index in [4.69, 9.17) is 16.3 Å². The van der Waals surface area contributed by atoms with Crippen molar-refractivity contribution in [1.82, 2.24) is 24.3 Å². The van der Waals surface area contributed by atoms with Gasteiger partial charge in [-0.25, -0.2) is 19.6 Å². The van der Waals surface area contributed by atoms with Crippen molar-refractivity contribution in [2.24, 2.45) is 0 Å². The van der Waals surface area contributed by atoms with Gasteiger partial charge in [0.15, 0.2) is 5.65 Å². The molecule has 9 nitrogen and oxygen atoms in total. The van der Waals surface area contributed by atoms with Crippen LogP contribution in [-0.4, -0.2) is 76.2 Å². The maximum Gasteiger partial charge on any atom is 0.339 e. The van der Waals surface area contributed by atoms with E-state index in [-0.39, 0.29) is 11.6 Å². The van der Waals surface area contributed by atoms with Crippen LogP contribution in [0.1, 0.15) is 16.2 Å². The zero-order valence-electron chi connectivity index (χ0n) is 18.0. The molecule has 10 heteroatoms. The molecule has 1 N–H and O–H groups in total. The molecule has 2 amide bonds. The van der Waals surface area contributed by atoms with Crippen molar-refractivity contribution >= 4 is 40.5 Å². The van der Waals surface area contributed by atoms with Crippen LogP contribution in [0.25, 0.3) is 11.2 Å². The summed E-state index contributed by atoms with van der Waals surface area (Å²) < 4.78 is 6.91. The number of esters is 1. The van der Waals surface area contributed by atoms with E-state index in [1.165, 1.54) is 7.11 Å². The quantitative estimate of drug-likeness (QED) is 0.593. The minimum atomic E-state index is -0.529. The minimum absolute atomic E-state index is 0.264. The molecule has 0 bridgehead atoms. The Labute approximate surface area is 190 Å². The summed E-state index contributed by atoms with van der Waals surface area (Å²) in [4.78, 5) is 37.8. The zero-order valence-corrected chi connectivity index (χ0v) is 18.8. The van der Waals surface area contributed by atoms with E-state index in [1.54, 1.807) is 29.3 Å². The number of fused-ring (bicyclic) bond motifs is 1. The number of pyridine rings is 1. The number of piperazine rings is 1. The lowest BCUT2D eigenvalue weighted by molar-refractivity contribution is 0.0602. The van der Waals surface area contributed by atoms with Crippen LogP contribution in [0, 0.1) is 6.92 Å². The molecule has 0 spiro atoms. The summed E-state index contributed by atoms with van der Waals surface area (Å²) in [5.41, 5.74) is 2.40. The minimum Gasteiger partial charge on any atom is -0.465 e. The first-order valence-corrected chi connectivity index (χ1v) is 10.8. The van der Waals surface area contributed by atoms with Gasteiger partial charge in [0.25, 0.3) is 0 Å². The van der Waals surface area contributed by atoms with Crippen LogP contribution >= 0.6 is 11.6 Å². The third kappa shape index (κ3) is 4.68. The van der Waals surface area contributed by atoms with E-state index >= 15 is 0 Å². The molecule has 1 aliphatic heterocycles. The number of carbonyl (C=O) groups is 2. The summed E-state index contributed by atoms with van der Waals surface area (Å²) in [7, 11) is 1.30. The smallest absolute Gasteiger partial charge is 0.339 e. The SMILES string of the molecule is COC(=O)c1ccc(Cl)cc1NC(=O)N1CCN(CCn2c(C)nc3cccnc32)CC1. The van der Waals surface area contributed by atoms with Crippen LogP contribution in [0.15, 0.2) is 36.5 Å². The third-order valence-electron chi connectivity index (χ3n) is 5.62. The number of amides is 2. The van der Waals surface area contributed by atoms with Crippen molar-refractivity contribution in [3.8, 4) is 0 Å². The molecule has 0 radical (unpaired) electrons. The fourth-order valence-corrected chi connectivity index (χ4v) is 4.03. The number of imidazole rings is 1. The molecule has 1 aromatic carbocycles. The van der Waals surface area contributed by atoms with Crippen molar-refractivity contribution in [3.63, 3.8) is 0 Å². The fraction of sp³-hybridized carbons (Fsp3) is 0.364. The average Bonchev–Trinajstić information content (AvgIpc) is 3.12. The Morgan fingerprint density at radius 3 is 2.69 bits per heavy atom. The number of nitrogens with one attached hydrogen (secondary N) is 1. The molecular formula is C22H25ClN6O3. The molecule has 0 unspecified atom stereocenters. The molecule has 1 saturated heterocycles. The summed E-state index contributed by atoms with van der Waals surface area (Å²) >= 11 is 6.04. The molecule has 1 fully saturated rings. The molecule has 3 heterocycles. The highest BCUT2D eigenvalue weighted by Gasteiger charge is 2.23. The predicted octanol–water partition coefficient (Wildman–Crippen LogP) is 3.03. The lowest BCUT2D eigenvalue weighted by Gasteiger charge is -2.34. The number of benzene rings is 1. The van der Waals surface area contributed by atoms with Gasteiger partial charge in [-0.1, -0.05) is 11.6 Å². The second-order valence-corrected chi connectivity index (χ2v) is 8.03. The highest BCUT2D eigenvalue weighted by atomic mass is 35.5. The molecule has 0 saturated carbocycles. The highest BCUT2D eigenvalue weighted by Crippen LogP contribution is 2.22. The Kier molecular flexibility index (Phi) is 6.57. The predicted molar refractivity (Wildman–Crippen MR) is 122 cm³/mol. The van der Waals surface area contributed by atoms with E-state index in [1.807, 2.05) is 19.1 Å². The van der Waals surface area contributed by atoms with Gasteiger partial charge in [-0.15, -0.1) is 0 Å². The molecule has 1 aliphatic rings. The molecule has 0 aliphatic carbocycles. The zero-order chi connectivity index (χ0) is 22.7. The molecular weight excluding hydrogens is 432 g/mol. The Morgan fingerprint density at radius 1 is 1.16 bits per heavy atom. The van der Waals surface area contributed by atoms with Crippen molar-refractivity contribution in [1.29, 1.82) is 0 Å². The number of rotatable bonds is 5. The number of aromatic nitrogens is 3. The summed E-state index contributed by atoms with van der Waals surface area (Å²) in [6.07, 6.45) is 1.78. The topological polar surface area (TPSA) is 92.6 Å². The van der Waals surface area contributed by atoms with Crippen molar-refractivity contribution in [2.45, 2.75) is 13.5 Å². The number of anilines is 1. The van der Waals surface area contributed by atoms with Gasteiger partial charge in [0.05, 0.1) is 18.4 Å². The lowest BCUT2D eigenvalue weighted by atomic mass is 10.2. The van der Waals surface area contributed by atoms with Gasteiger partial charge in [0.2, 0.25) is 0 Å². The number of aryl methyl sites for hydroxylation is 1. The molecule has 168 valence electrons. The second kappa shape index (κ2) is 9.54. The Morgan fingerprint density at radius 2 is 1.94 bits per heavy atom. The second-order valence-electron chi connectivity index (χ2n) is 7.60. The van der Waals surface area contributed by atoms with Crippen molar-refractivity contribution in [2.75, 3.05) is 45.2 Å². The Balaban J connectivity index is 1.33. The average molecular weight is 457 g/mol. The van der Waals surface area contributed by atoms with Crippen LogP contribution in [0.2, 0.25) is 5.02 Å². The maximum atomic E-state index is 12.8.